The van der Waals surface area contributed by atoms with Gasteiger partial charge in [0.25, 0.3) is 0 Å². The average molecular weight is 299 g/mol. The minimum Gasteiger partial charge on any atom is -0.310 e. The van der Waals surface area contributed by atoms with Gasteiger partial charge in [0.15, 0.2) is 9.84 Å². The summed E-state index contributed by atoms with van der Waals surface area (Å²) in [6.07, 6.45) is 3.77. The standard InChI is InChI=1S/C14H21NO2S2/c1-11(15-13-7-8-19(16,17)10-13)9-12-5-3-4-6-14(12)18-2/h3-6,11,13,15H,7-10H2,1-2H3/t11-,13-/m1/s1. The summed E-state index contributed by atoms with van der Waals surface area (Å²) in [7, 11) is -2.79. The van der Waals surface area contributed by atoms with Gasteiger partial charge in [-0.05, 0) is 37.7 Å². The van der Waals surface area contributed by atoms with Crippen molar-refractivity contribution in [3.8, 4) is 0 Å². The van der Waals surface area contributed by atoms with Crippen LogP contribution in [-0.2, 0) is 16.3 Å². The zero-order valence-corrected chi connectivity index (χ0v) is 13.1. The highest BCUT2D eigenvalue weighted by Gasteiger charge is 2.28. The molecule has 106 valence electrons. The Morgan fingerprint density at radius 3 is 2.79 bits per heavy atom. The van der Waals surface area contributed by atoms with Gasteiger partial charge in [0.05, 0.1) is 11.5 Å². The molecule has 5 heteroatoms. The maximum Gasteiger partial charge on any atom is 0.151 e. The Morgan fingerprint density at radius 2 is 2.16 bits per heavy atom. The lowest BCUT2D eigenvalue weighted by molar-refractivity contribution is 0.468. The van der Waals surface area contributed by atoms with E-state index in [0.717, 1.165) is 12.8 Å². The van der Waals surface area contributed by atoms with Crippen molar-refractivity contribution >= 4 is 21.6 Å². The fraction of sp³-hybridized carbons (Fsp3) is 0.571. The molecule has 1 heterocycles. The Balaban J connectivity index is 1.93. The van der Waals surface area contributed by atoms with Crippen LogP contribution in [0.25, 0.3) is 0 Å². The number of nitrogens with one attached hydrogen (secondary N) is 1. The summed E-state index contributed by atoms with van der Waals surface area (Å²) in [4.78, 5) is 1.30. The summed E-state index contributed by atoms with van der Waals surface area (Å²) in [5.74, 6) is 0.625. The van der Waals surface area contributed by atoms with Crippen LogP contribution >= 0.6 is 11.8 Å². The molecule has 1 aromatic carbocycles. The Labute approximate surface area is 120 Å². The van der Waals surface area contributed by atoms with E-state index in [0.29, 0.717) is 17.5 Å². The molecule has 1 saturated heterocycles. The van der Waals surface area contributed by atoms with Crippen LogP contribution in [0.1, 0.15) is 18.9 Å². The average Bonchev–Trinajstić information content (AvgIpc) is 2.69. The van der Waals surface area contributed by atoms with Crippen molar-refractivity contribution in [3.05, 3.63) is 29.8 Å². The van der Waals surface area contributed by atoms with Gasteiger partial charge in [-0.25, -0.2) is 8.42 Å². The summed E-state index contributed by atoms with van der Waals surface area (Å²) in [6.45, 7) is 2.13. The van der Waals surface area contributed by atoms with Gasteiger partial charge in [-0.15, -0.1) is 11.8 Å². The third-order valence-corrected chi connectivity index (χ3v) is 6.08. The van der Waals surface area contributed by atoms with Gasteiger partial charge < -0.3 is 5.32 Å². The zero-order valence-electron chi connectivity index (χ0n) is 11.4. The molecule has 1 N–H and O–H groups in total. The molecule has 0 amide bonds. The van der Waals surface area contributed by atoms with E-state index in [1.807, 2.05) is 0 Å². The van der Waals surface area contributed by atoms with Gasteiger partial charge in [-0.3, -0.25) is 0 Å². The van der Waals surface area contributed by atoms with Crippen LogP contribution in [0.2, 0.25) is 0 Å². The van der Waals surface area contributed by atoms with Crippen LogP contribution in [0, 0.1) is 0 Å². The molecule has 0 unspecified atom stereocenters. The number of benzene rings is 1. The largest absolute Gasteiger partial charge is 0.310 e. The fourth-order valence-corrected chi connectivity index (χ4v) is 4.90. The molecule has 1 fully saturated rings. The molecule has 3 nitrogen and oxygen atoms in total. The van der Waals surface area contributed by atoms with Crippen LogP contribution in [0.3, 0.4) is 0 Å². The van der Waals surface area contributed by atoms with E-state index in [-0.39, 0.29) is 6.04 Å². The first-order valence-corrected chi connectivity index (χ1v) is 9.63. The predicted octanol–water partition coefficient (Wildman–Crippen LogP) is 2.12. The Bertz CT molecular complexity index is 528. The molecular formula is C14H21NO2S2. The van der Waals surface area contributed by atoms with Crippen molar-refractivity contribution in [2.75, 3.05) is 17.8 Å². The van der Waals surface area contributed by atoms with Gasteiger partial charge >= 0.3 is 0 Å². The Hall–Kier alpha value is -0.520. The van der Waals surface area contributed by atoms with Crippen LogP contribution < -0.4 is 5.32 Å². The van der Waals surface area contributed by atoms with Crippen molar-refractivity contribution in [2.45, 2.75) is 36.7 Å². The smallest absolute Gasteiger partial charge is 0.151 e. The predicted molar refractivity (Wildman–Crippen MR) is 81.6 cm³/mol. The second kappa shape index (κ2) is 6.29. The van der Waals surface area contributed by atoms with Gasteiger partial charge in [0.1, 0.15) is 0 Å². The normalized spacial score (nSPS) is 23.4. The first-order chi connectivity index (χ1) is 9.00. The summed E-state index contributed by atoms with van der Waals surface area (Å²) < 4.78 is 22.9. The molecule has 1 aliphatic heterocycles. The first kappa shape index (κ1) is 14.9. The van der Waals surface area contributed by atoms with Gasteiger partial charge in [-0.1, -0.05) is 18.2 Å². The topological polar surface area (TPSA) is 46.2 Å². The molecule has 19 heavy (non-hydrogen) atoms. The number of hydrogen-bond donors (Lipinski definition) is 1. The minimum atomic E-state index is -2.79. The van der Waals surface area contributed by atoms with Crippen molar-refractivity contribution < 1.29 is 8.42 Å². The maximum absolute atomic E-state index is 11.4. The summed E-state index contributed by atoms with van der Waals surface area (Å²) >= 11 is 1.76. The summed E-state index contributed by atoms with van der Waals surface area (Å²) in [5, 5.41) is 3.45. The third kappa shape index (κ3) is 4.23. The van der Waals surface area contributed by atoms with E-state index >= 15 is 0 Å². The van der Waals surface area contributed by atoms with E-state index in [9.17, 15) is 8.42 Å². The zero-order chi connectivity index (χ0) is 13.9. The highest BCUT2D eigenvalue weighted by atomic mass is 32.2. The molecular weight excluding hydrogens is 278 g/mol. The molecule has 0 spiro atoms. The monoisotopic (exact) mass is 299 g/mol. The van der Waals surface area contributed by atoms with E-state index in [1.165, 1.54) is 10.5 Å². The lowest BCUT2D eigenvalue weighted by atomic mass is 10.1. The van der Waals surface area contributed by atoms with Crippen LogP contribution in [-0.4, -0.2) is 38.3 Å². The van der Waals surface area contributed by atoms with Crippen LogP contribution in [0.15, 0.2) is 29.2 Å². The van der Waals surface area contributed by atoms with E-state index < -0.39 is 9.84 Å². The summed E-state index contributed by atoms with van der Waals surface area (Å²) in [6, 6.07) is 8.81. The molecule has 0 aliphatic carbocycles. The number of sulfone groups is 1. The lowest BCUT2D eigenvalue weighted by Crippen LogP contribution is -2.38. The van der Waals surface area contributed by atoms with Crippen molar-refractivity contribution in [1.82, 2.24) is 5.32 Å². The highest BCUT2D eigenvalue weighted by molar-refractivity contribution is 7.98. The molecule has 1 aromatic rings. The van der Waals surface area contributed by atoms with Crippen molar-refractivity contribution in [1.29, 1.82) is 0 Å². The van der Waals surface area contributed by atoms with Crippen LogP contribution in [0.4, 0.5) is 0 Å². The Kier molecular flexibility index (Phi) is 4.92. The lowest BCUT2D eigenvalue weighted by Gasteiger charge is -2.19. The molecule has 0 radical (unpaired) electrons. The van der Waals surface area contributed by atoms with Crippen molar-refractivity contribution in [3.63, 3.8) is 0 Å². The van der Waals surface area contributed by atoms with Gasteiger partial charge in [0, 0.05) is 17.0 Å². The molecule has 0 bridgehead atoms. The second-order valence-corrected chi connectivity index (χ2v) is 8.26. The fourth-order valence-electron chi connectivity index (χ4n) is 2.59. The first-order valence-electron chi connectivity index (χ1n) is 6.58. The van der Waals surface area contributed by atoms with Gasteiger partial charge in [0.2, 0.25) is 0 Å². The van der Waals surface area contributed by atoms with Crippen LogP contribution in [0.5, 0.6) is 0 Å². The highest BCUT2D eigenvalue weighted by Crippen LogP contribution is 2.21. The SMILES string of the molecule is CSc1ccccc1C[C@@H](C)N[C@@H]1CCS(=O)(=O)C1. The Morgan fingerprint density at radius 1 is 1.42 bits per heavy atom. The molecule has 0 aromatic heterocycles. The molecule has 0 saturated carbocycles. The quantitative estimate of drug-likeness (QED) is 0.846. The molecule has 1 aliphatic rings. The second-order valence-electron chi connectivity index (χ2n) is 5.18. The van der Waals surface area contributed by atoms with E-state index in [4.69, 9.17) is 0 Å². The summed E-state index contributed by atoms with van der Waals surface area (Å²) in [5.41, 5.74) is 1.33. The number of thioether (sulfide) groups is 1. The van der Waals surface area contributed by atoms with Crippen molar-refractivity contribution in [2.24, 2.45) is 0 Å². The maximum atomic E-state index is 11.4. The molecule has 2 rings (SSSR count). The van der Waals surface area contributed by atoms with E-state index in [1.54, 1.807) is 11.8 Å². The number of rotatable bonds is 5. The van der Waals surface area contributed by atoms with E-state index in [2.05, 4.69) is 42.8 Å². The van der Waals surface area contributed by atoms with Gasteiger partial charge in [-0.2, -0.15) is 0 Å². The molecule has 2 atom stereocenters. The minimum absolute atomic E-state index is 0.126. The number of hydrogen-bond acceptors (Lipinski definition) is 4. The third-order valence-electron chi connectivity index (χ3n) is 3.47.